The summed E-state index contributed by atoms with van der Waals surface area (Å²) in [5.74, 6) is 0.0773. The lowest BCUT2D eigenvalue weighted by molar-refractivity contribution is -0.123. The predicted octanol–water partition coefficient (Wildman–Crippen LogP) is 1.72. The van der Waals surface area contributed by atoms with Crippen LogP contribution in [0.15, 0.2) is 0 Å². The molecular formula is C15H28N2O2. The van der Waals surface area contributed by atoms with Crippen LogP contribution >= 0.6 is 0 Å². The molecule has 0 aromatic carbocycles. The first-order valence-electron chi connectivity index (χ1n) is 7.85. The van der Waals surface area contributed by atoms with Gasteiger partial charge in [0.15, 0.2) is 0 Å². The van der Waals surface area contributed by atoms with Crippen LogP contribution in [-0.2, 0) is 4.79 Å². The monoisotopic (exact) mass is 268 g/mol. The van der Waals surface area contributed by atoms with E-state index in [2.05, 4.69) is 10.6 Å². The summed E-state index contributed by atoms with van der Waals surface area (Å²) in [7, 11) is 0. The SMILES string of the molecule is CC(NCC1(O)CCCC1)C(=O)NC1CCCCC1. The maximum absolute atomic E-state index is 12.1. The lowest BCUT2D eigenvalue weighted by Gasteiger charge is -2.27. The Labute approximate surface area is 116 Å². The zero-order valence-electron chi connectivity index (χ0n) is 12.1. The van der Waals surface area contributed by atoms with Crippen molar-refractivity contribution in [3.8, 4) is 0 Å². The first-order chi connectivity index (χ1) is 9.09. The molecule has 2 aliphatic carbocycles. The topological polar surface area (TPSA) is 61.4 Å². The summed E-state index contributed by atoms with van der Waals surface area (Å²) in [6, 6.07) is 0.145. The average Bonchev–Trinajstić information content (AvgIpc) is 2.84. The van der Waals surface area contributed by atoms with Gasteiger partial charge in [-0.15, -0.1) is 0 Å². The molecule has 110 valence electrons. The van der Waals surface area contributed by atoms with Gasteiger partial charge in [-0.05, 0) is 32.6 Å². The molecule has 0 heterocycles. The van der Waals surface area contributed by atoms with Crippen molar-refractivity contribution in [2.24, 2.45) is 0 Å². The molecule has 0 radical (unpaired) electrons. The van der Waals surface area contributed by atoms with E-state index >= 15 is 0 Å². The molecule has 2 saturated carbocycles. The maximum Gasteiger partial charge on any atom is 0.237 e. The van der Waals surface area contributed by atoms with Crippen molar-refractivity contribution in [3.05, 3.63) is 0 Å². The van der Waals surface area contributed by atoms with E-state index in [0.717, 1.165) is 38.5 Å². The quantitative estimate of drug-likeness (QED) is 0.711. The standard InChI is InChI=1S/C15H28N2O2/c1-12(16-11-15(19)9-5-6-10-15)14(18)17-13-7-3-2-4-8-13/h12-13,16,19H,2-11H2,1H3,(H,17,18). The second-order valence-corrected chi connectivity index (χ2v) is 6.38. The summed E-state index contributed by atoms with van der Waals surface area (Å²) in [4.78, 5) is 12.1. The van der Waals surface area contributed by atoms with E-state index in [4.69, 9.17) is 0 Å². The summed E-state index contributed by atoms with van der Waals surface area (Å²) in [5.41, 5.74) is -0.584. The van der Waals surface area contributed by atoms with E-state index in [1.54, 1.807) is 0 Å². The minimum absolute atomic E-state index is 0.0773. The van der Waals surface area contributed by atoms with Gasteiger partial charge in [-0.3, -0.25) is 4.79 Å². The molecule has 2 rings (SSSR count). The van der Waals surface area contributed by atoms with Crippen molar-refractivity contribution < 1.29 is 9.90 Å². The Morgan fingerprint density at radius 1 is 1.21 bits per heavy atom. The van der Waals surface area contributed by atoms with Crippen LogP contribution in [0.4, 0.5) is 0 Å². The second kappa shape index (κ2) is 6.71. The lowest BCUT2D eigenvalue weighted by atomic mass is 9.95. The van der Waals surface area contributed by atoms with Gasteiger partial charge in [0.25, 0.3) is 0 Å². The fourth-order valence-corrected chi connectivity index (χ4v) is 3.22. The second-order valence-electron chi connectivity index (χ2n) is 6.38. The summed E-state index contributed by atoms with van der Waals surface area (Å²) in [5, 5.41) is 16.6. The van der Waals surface area contributed by atoms with E-state index in [0.29, 0.717) is 12.6 Å². The molecule has 1 unspecified atom stereocenters. The third kappa shape index (κ3) is 4.46. The van der Waals surface area contributed by atoms with Crippen LogP contribution in [-0.4, -0.2) is 35.2 Å². The van der Waals surface area contributed by atoms with Crippen molar-refractivity contribution in [1.29, 1.82) is 0 Å². The van der Waals surface area contributed by atoms with Gasteiger partial charge in [0.2, 0.25) is 5.91 Å². The number of hydrogen-bond acceptors (Lipinski definition) is 3. The molecule has 2 aliphatic rings. The van der Waals surface area contributed by atoms with Gasteiger partial charge in [-0.25, -0.2) is 0 Å². The third-order valence-corrected chi connectivity index (χ3v) is 4.62. The first-order valence-corrected chi connectivity index (χ1v) is 7.85. The number of carbonyl (C=O) groups is 1. The minimum Gasteiger partial charge on any atom is -0.389 e. The molecule has 4 heteroatoms. The number of amides is 1. The van der Waals surface area contributed by atoms with E-state index in [1.165, 1.54) is 19.3 Å². The van der Waals surface area contributed by atoms with Gasteiger partial charge in [0, 0.05) is 12.6 Å². The van der Waals surface area contributed by atoms with E-state index in [-0.39, 0.29) is 11.9 Å². The Morgan fingerprint density at radius 2 is 1.84 bits per heavy atom. The fourth-order valence-electron chi connectivity index (χ4n) is 3.22. The Bertz CT molecular complexity index is 295. The van der Waals surface area contributed by atoms with Crippen LogP contribution in [0.2, 0.25) is 0 Å². The van der Waals surface area contributed by atoms with Crippen molar-refractivity contribution in [2.45, 2.75) is 82.4 Å². The number of nitrogens with one attached hydrogen (secondary N) is 2. The molecule has 4 nitrogen and oxygen atoms in total. The zero-order chi connectivity index (χ0) is 13.7. The van der Waals surface area contributed by atoms with Gasteiger partial charge >= 0.3 is 0 Å². The van der Waals surface area contributed by atoms with Crippen molar-refractivity contribution in [2.75, 3.05) is 6.54 Å². The Kier molecular flexibility index (Phi) is 5.22. The molecule has 1 atom stereocenters. The Morgan fingerprint density at radius 3 is 2.47 bits per heavy atom. The third-order valence-electron chi connectivity index (χ3n) is 4.62. The van der Waals surface area contributed by atoms with Gasteiger partial charge in [-0.2, -0.15) is 0 Å². The summed E-state index contributed by atoms with van der Waals surface area (Å²) >= 11 is 0. The molecule has 3 N–H and O–H groups in total. The van der Waals surface area contributed by atoms with Gasteiger partial charge in [0.1, 0.15) is 0 Å². The largest absolute Gasteiger partial charge is 0.389 e. The molecule has 0 aromatic rings. The van der Waals surface area contributed by atoms with Crippen LogP contribution in [0.3, 0.4) is 0 Å². The van der Waals surface area contributed by atoms with E-state index in [1.807, 2.05) is 6.92 Å². The molecule has 0 aliphatic heterocycles. The number of aliphatic hydroxyl groups is 1. The molecule has 19 heavy (non-hydrogen) atoms. The van der Waals surface area contributed by atoms with Crippen LogP contribution in [0.25, 0.3) is 0 Å². The number of rotatable bonds is 5. The highest BCUT2D eigenvalue weighted by Crippen LogP contribution is 2.28. The summed E-state index contributed by atoms with van der Waals surface area (Å²) in [6.45, 7) is 2.42. The maximum atomic E-state index is 12.1. The first kappa shape index (κ1) is 14.8. The summed E-state index contributed by atoms with van der Waals surface area (Å²) < 4.78 is 0. The van der Waals surface area contributed by atoms with Crippen molar-refractivity contribution in [1.82, 2.24) is 10.6 Å². The lowest BCUT2D eigenvalue weighted by Crippen LogP contribution is -2.50. The van der Waals surface area contributed by atoms with Crippen molar-refractivity contribution >= 4 is 5.91 Å². The highest BCUT2D eigenvalue weighted by molar-refractivity contribution is 5.81. The highest BCUT2D eigenvalue weighted by atomic mass is 16.3. The molecule has 0 saturated heterocycles. The number of hydrogen-bond donors (Lipinski definition) is 3. The zero-order valence-corrected chi connectivity index (χ0v) is 12.1. The smallest absolute Gasteiger partial charge is 0.237 e. The predicted molar refractivity (Wildman–Crippen MR) is 75.9 cm³/mol. The van der Waals surface area contributed by atoms with Crippen LogP contribution in [0, 0.1) is 0 Å². The minimum atomic E-state index is -0.584. The van der Waals surface area contributed by atoms with E-state index in [9.17, 15) is 9.90 Å². The van der Waals surface area contributed by atoms with Crippen LogP contribution < -0.4 is 10.6 Å². The Hall–Kier alpha value is -0.610. The number of carbonyl (C=O) groups excluding carboxylic acids is 1. The van der Waals surface area contributed by atoms with Crippen LogP contribution in [0.1, 0.15) is 64.7 Å². The van der Waals surface area contributed by atoms with Crippen molar-refractivity contribution in [3.63, 3.8) is 0 Å². The highest BCUT2D eigenvalue weighted by Gasteiger charge is 2.31. The molecule has 1 amide bonds. The van der Waals surface area contributed by atoms with Gasteiger partial charge in [-0.1, -0.05) is 32.1 Å². The molecule has 0 bridgehead atoms. The fraction of sp³-hybridized carbons (Fsp3) is 0.933. The van der Waals surface area contributed by atoms with Gasteiger partial charge in [0.05, 0.1) is 11.6 Å². The van der Waals surface area contributed by atoms with Gasteiger partial charge < -0.3 is 15.7 Å². The average molecular weight is 268 g/mol. The summed E-state index contributed by atoms with van der Waals surface area (Å²) in [6.07, 6.45) is 9.90. The van der Waals surface area contributed by atoms with E-state index < -0.39 is 5.60 Å². The van der Waals surface area contributed by atoms with Crippen LogP contribution in [0.5, 0.6) is 0 Å². The molecule has 0 spiro atoms. The molecule has 2 fully saturated rings. The Balaban J connectivity index is 1.69. The molecular weight excluding hydrogens is 240 g/mol. The normalized spacial score (nSPS) is 25.2. The molecule has 0 aromatic heterocycles.